The molecule has 116 valence electrons. The fourth-order valence-electron chi connectivity index (χ4n) is 2.83. The van der Waals surface area contributed by atoms with Gasteiger partial charge in [-0.1, -0.05) is 19.1 Å². The molecule has 1 aromatic carbocycles. The van der Waals surface area contributed by atoms with Crippen LogP contribution in [0.15, 0.2) is 24.3 Å². The molecule has 0 spiro atoms. The van der Waals surface area contributed by atoms with Gasteiger partial charge in [-0.2, -0.15) is 0 Å². The highest BCUT2D eigenvalue weighted by Crippen LogP contribution is 2.38. The normalized spacial score (nSPS) is 17.9. The van der Waals surface area contributed by atoms with Crippen LogP contribution in [0.2, 0.25) is 0 Å². The van der Waals surface area contributed by atoms with Crippen LogP contribution >= 0.6 is 0 Å². The molecule has 0 aromatic heterocycles. The van der Waals surface area contributed by atoms with Crippen LogP contribution in [0, 0.1) is 0 Å². The smallest absolute Gasteiger partial charge is 0.227 e. The number of anilines is 1. The summed E-state index contributed by atoms with van der Waals surface area (Å²) in [6, 6.07) is 8.30. The van der Waals surface area contributed by atoms with Crippen LogP contribution in [-0.4, -0.2) is 25.2 Å². The van der Waals surface area contributed by atoms with Gasteiger partial charge in [-0.15, -0.1) is 0 Å². The van der Waals surface area contributed by atoms with Gasteiger partial charge in [0.25, 0.3) is 0 Å². The second-order valence-corrected chi connectivity index (χ2v) is 5.87. The number of benzene rings is 1. The minimum atomic E-state index is -0.223. The van der Waals surface area contributed by atoms with Gasteiger partial charge >= 0.3 is 0 Å². The van der Waals surface area contributed by atoms with Crippen LogP contribution in [0.5, 0.6) is 0 Å². The van der Waals surface area contributed by atoms with Crippen molar-refractivity contribution in [1.29, 1.82) is 0 Å². The Labute approximate surface area is 127 Å². The molecule has 1 aliphatic rings. The summed E-state index contributed by atoms with van der Waals surface area (Å²) >= 11 is 0. The Balaban J connectivity index is 1.96. The van der Waals surface area contributed by atoms with E-state index in [1.54, 1.807) is 7.11 Å². The zero-order chi connectivity index (χ0) is 15.3. The monoisotopic (exact) mass is 290 g/mol. The predicted molar refractivity (Wildman–Crippen MR) is 85.4 cm³/mol. The van der Waals surface area contributed by atoms with Gasteiger partial charge in [0.15, 0.2) is 0 Å². The highest BCUT2D eigenvalue weighted by atomic mass is 16.5. The first-order valence-corrected chi connectivity index (χ1v) is 7.77. The van der Waals surface area contributed by atoms with E-state index in [1.165, 1.54) is 5.56 Å². The van der Waals surface area contributed by atoms with Gasteiger partial charge in [-0.3, -0.25) is 4.79 Å². The molecule has 0 saturated heterocycles. The molecule has 0 radical (unpaired) electrons. The van der Waals surface area contributed by atoms with Crippen molar-refractivity contribution >= 4 is 11.6 Å². The maximum absolute atomic E-state index is 12.2. The number of amides is 1. The summed E-state index contributed by atoms with van der Waals surface area (Å²) < 4.78 is 5.51. The lowest BCUT2D eigenvalue weighted by molar-refractivity contribution is -0.129. The molecule has 4 heteroatoms. The van der Waals surface area contributed by atoms with E-state index in [1.807, 2.05) is 18.2 Å². The molecule has 0 bridgehead atoms. The number of ether oxygens (including phenoxy) is 1. The molecule has 1 aromatic rings. The van der Waals surface area contributed by atoms with Crippen molar-refractivity contribution in [1.82, 2.24) is 5.32 Å². The van der Waals surface area contributed by atoms with E-state index in [9.17, 15) is 4.79 Å². The summed E-state index contributed by atoms with van der Waals surface area (Å²) in [5.74, 6) is 0.0322. The van der Waals surface area contributed by atoms with Crippen LogP contribution in [0.25, 0.3) is 0 Å². The molecular weight excluding hydrogens is 264 g/mol. The summed E-state index contributed by atoms with van der Waals surface area (Å²) in [5.41, 5.74) is 1.81. The molecule has 4 nitrogen and oxygen atoms in total. The highest BCUT2D eigenvalue weighted by molar-refractivity contribution is 5.91. The molecule has 2 rings (SSSR count). The molecule has 1 saturated carbocycles. The first kappa shape index (κ1) is 16.0. The molecule has 1 atom stereocenters. The molecule has 1 fully saturated rings. The van der Waals surface area contributed by atoms with Gasteiger partial charge in [-0.25, -0.2) is 0 Å². The summed E-state index contributed by atoms with van der Waals surface area (Å²) in [4.78, 5) is 12.2. The van der Waals surface area contributed by atoms with Crippen LogP contribution in [-0.2, 0) is 9.53 Å². The van der Waals surface area contributed by atoms with Crippen molar-refractivity contribution in [2.24, 2.45) is 0 Å². The number of rotatable bonds is 7. The van der Waals surface area contributed by atoms with E-state index in [-0.39, 0.29) is 17.6 Å². The maximum atomic E-state index is 12.2. The Morgan fingerprint density at radius 1 is 1.43 bits per heavy atom. The number of methoxy groups -OCH3 is 1. The van der Waals surface area contributed by atoms with Crippen LogP contribution in [0.4, 0.5) is 5.69 Å². The molecule has 0 aliphatic heterocycles. The Bertz CT molecular complexity index is 478. The molecule has 1 amide bonds. The molecule has 1 unspecified atom stereocenters. The summed E-state index contributed by atoms with van der Waals surface area (Å²) in [6.45, 7) is 5.14. The SMILES string of the molecule is CCNC(C)c1cccc(NC(=O)CC2(OC)CCC2)c1. The zero-order valence-corrected chi connectivity index (χ0v) is 13.2. The standard InChI is InChI=1S/C17H26N2O2/c1-4-18-13(2)14-7-5-8-15(11-14)19-16(20)12-17(21-3)9-6-10-17/h5,7-8,11,13,18H,4,6,9-10,12H2,1-3H3,(H,19,20). The molecule has 1 aliphatic carbocycles. The minimum Gasteiger partial charge on any atom is -0.378 e. The van der Waals surface area contributed by atoms with Crippen molar-refractivity contribution in [3.8, 4) is 0 Å². The van der Waals surface area contributed by atoms with E-state index in [2.05, 4.69) is 30.5 Å². The van der Waals surface area contributed by atoms with Gasteiger partial charge in [0.05, 0.1) is 12.0 Å². The Morgan fingerprint density at radius 2 is 2.19 bits per heavy atom. The lowest BCUT2D eigenvalue weighted by Gasteiger charge is -2.39. The topological polar surface area (TPSA) is 50.4 Å². The van der Waals surface area contributed by atoms with Gasteiger partial charge in [-0.05, 0) is 50.4 Å². The average Bonchev–Trinajstić information content (AvgIpc) is 2.43. The van der Waals surface area contributed by atoms with Crippen molar-refractivity contribution in [3.05, 3.63) is 29.8 Å². The number of nitrogens with one attached hydrogen (secondary N) is 2. The van der Waals surface area contributed by atoms with Crippen molar-refractivity contribution in [2.75, 3.05) is 19.0 Å². The summed E-state index contributed by atoms with van der Waals surface area (Å²) in [5, 5.41) is 6.37. The Morgan fingerprint density at radius 3 is 2.76 bits per heavy atom. The Hall–Kier alpha value is -1.39. The third-order valence-electron chi connectivity index (χ3n) is 4.36. The van der Waals surface area contributed by atoms with E-state index < -0.39 is 0 Å². The van der Waals surface area contributed by atoms with E-state index in [4.69, 9.17) is 4.74 Å². The van der Waals surface area contributed by atoms with Crippen LogP contribution in [0.1, 0.15) is 51.1 Å². The van der Waals surface area contributed by atoms with Crippen LogP contribution in [0.3, 0.4) is 0 Å². The maximum Gasteiger partial charge on any atom is 0.227 e. The van der Waals surface area contributed by atoms with Crippen molar-refractivity contribution in [2.45, 2.75) is 51.2 Å². The van der Waals surface area contributed by atoms with Gasteiger partial charge < -0.3 is 15.4 Å². The first-order valence-electron chi connectivity index (χ1n) is 7.77. The third-order valence-corrected chi connectivity index (χ3v) is 4.36. The molecule has 0 heterocycles. The van der Waals surface area contributed by atoms with Gasteiger partial charge in [0.1, 0.15) is 0 Å². The second-order valence-electron chi connectivity index (χ2n) is 5.87. The van der Waals surface area contributed by atoms with Gasteiger partial charge in [0.2, 0.25) is 5.91 Å². The fraction of sp³-hybridized carbons (Fsp3) is 0.588. The number of hydrogen-bond donors (Lipinski definition) is 2. The minimum absolute atomic E-state index is 0.0322. The number of carbonyl (C=O) groups excluding carboxylic acids is 1. The van der Waals surface area contributed by atoms with Crippen molar-refractivity contribution < 1.29 is 9.53 Å². The third kappa shape index (κ3) is 4.05. The van der Waals surface area contributed by atoms with E-state index >= 15 is 0 Å². The lowest BCUT2D eigenvalue weighted by atomic mass is 9.77. The molecule has 2 N–H and O–H groups in total. The first-order chi connectivity index (χ1) is 10.1. The quantitative estimate of drug-likeness (QED) is 0.810. The number of hydrogen-bond acceptors (Lipinski definition) is 3. The van der Waals surface area contributed by atoms with Crippen molar-refractivity contribution in [3.63, 3.8) is 0 Å². The van der Waals surface area contributed by atoms with E-state index in [0.29, 0.717) is 6.42 Å². The fourth-order valence-corrected chi connectivity index (χ4v) is 2.83. The highest BCUT2D eigenvalue weighted by Gasteiger charge is 2.38. The molecule has 21 heavy (non-hydrogen) atoms. The zero-order valence-electron chi connectivity index (χ0n) is 13.2. The largest absolute Gasteiger partial charge is 0.378 e. The average molecular weight is 290 g/mol. The predicted octanol–water partition coefficient (Wildman–Crippen LogP) is 3.25. The number of carbonyl (C=O) groups is 1. The van der Waals surface area contributed by atoms with Gasteiger partial charge in [0, 0.05) is 18.8 Å². The van der Waals surface area contributed by atoms with E-state index in [0.717, 1.165) is 31.5 Å². The molecular formula is C17H26N2O2. The Kier molecular flexibility index (Phi) is 5.37. The second kappa shape index (κ2) is 7.05. The lowest BCUT2D eigenvalue weighted by Crippen LogP contribution is -2.42. The van der Waals surface area contributed by atoms with Crippen LogP contribution < -0.4 is 10.6 Å². The summed E-state index contributed by atoms with van der Waals surface area (Å²) in [7, 11) is 1.70. The summed E-state index contributed by atoms with van der Waals surface area (Å²) in [6.07, 6.45) is 3.55.